The molecule has 0 amide bonds. The highest BCUT2D eigenvalue weighted by Crippen LogP contribution is 2.24. The summed E-state index contributed by atoms with van der Waals surface area (Å²) in [5, 5.41) is 3.43. The predicted octanol–water partition coefficient (Wildman–Crippen LogP) is 2.46. The number of hydrogen-bond donors (Lipinski definition) is 1. The first-order chi connectivity index (χ1) is 6.31. The van der Waals surface area contributed by atoms with E-state index in [0.29, 0.717) is 5.92 Å². The van der Waals surface area contributed by atoms with Crippen molar-refractivity contribution in [3.63, 3.8) is 0 Å². The van der Waals surface area contributed by atoms with Crippen LogP contribution in [0.15, 0.2) is 18.2 Å². The topological polar surface area (TPSA) is 12.0 Å². The molecule has 2 rings (SSSR count). The van der Waals surface area contributed by atoms with Crippen molar-refractivity contribution in [3.8, 4) is 0 Å². The Morgan fingerprint density at radius 2 is 2.31 bits per heavy atom. The Morgan fingerprint density at radius 3 is 3.08 bits per heavy atom. The molecule has 0 radical (unpaired) electrons. The molecule has 0 bridgehead atoms. The van der Waals surface area contributed by atoms with Gasteiger partial charge in [0, 0.05) is 13.1 Å². The summed E-state index contributed by atoms with van der Waals surface area (Å²) in [5.41, 5.74) is 4.50. The fraction of sp³-hybridized carbons (Fsp3) is 0.500. The lowest BCUT2D eigenvalue weighted by molar-refractivity contribution is 0.570. The van der Waals surface area contributed by atoms with Gasteiger partial charge in [-0.3, -0.25) is 0 Å². The molecule has 1 aromatic rings. The van der Waals surface area contributed by atoms with Gasteiger partial charge in [0.25, 0.3) is 0 Å². The maximum atomic E-state index is 3.43. The van der Waals surface area contributed by atoms with E-state index >= 15 is 0 Å². The molecule has 70 valence electrons. The van der Waals surface area contributed by atoms with Gasteiger partial charge in [0.05, 0.1) is 0 Å². The van der Waals surface area contributed by atoms with Crippen LogP contribution in [0.25, 0.3) is 0 Å². The average Bonchev–Trinajstić information content (AvgIpc) is 2.18. The van der Waals surface area contributed by atoms with Gasteiger partial charge in [0.2, 0.25) is 0 Å². The zero-order valence-electron chi connectivity index (χ0n) is 8.43. The molecule has 1 N–H and O–H groups in total. The van der Waals surface area contributed by atoms with Crippen LogP contribution >= 0.6 is 0 Å². The van der Waals surface area contributed by atoms with Crippen LogP contribution in [0, 0.1) is 0 Å². The molecule has 0 fully saturated rings. The quantitative estimate of drug-likeness (QED) is 0.691. The Balaban J connectivity index is 2.41. The Hall–Kier alpha value is -0.820. The highest BCUT2D eigenvalue weighted by molar-refractivity contribution is 5.36. The van der Waals surface area contributed by atoms with Crippen LogP contribution in [-0.4, -0.2) is 6.54 Å². The van der Waals surface area contributed by atoms with Crippen LogP contribution in [0.2, 0.25) is 0 Å². The third kappa shape index (κ3) is 1.61. The lowest BCUT2D eigenvalue weighted by atomic mass is 9.90. The van der Waals surface area contributed by atoms with E-state index in [1.54, 1.807) is 5.56 Å². The second-order valence-electron chi connectivity index (χ2n) is 3.92. The molecule has 0 saturated carbocycles. The fourth-order valence-electron chi connectivity index (χ4n) is 2.02. The molecule has 0 saturated heterocycles. The molecular formula is C12H17N. The second kappa shape index (κ2) is 3.51. The Bertz CT molecular complexity index is 304. The van der Waals surface area contributed by atoms with Gasteiger partial charge in [0.1, 0.15) is 0 Å². The SMILES string of the molecule is CCc1ccc2c(c1)[C@@H](C)CNC2. The summed E-state index contributed by atoms with van der Waals surface area (Å²) >= 11 is 0. The monoisotopic (exact) mass is 175 g/mol. The number of hydrogen-bond acceptors (Lipinski definition) is 1. The highest BCUT2D eigenvalue weighted by atomic mass is 14.9. The maximum absolute atomic E-state index is 3.43. The summed E-state index contributed by atoms with van der Waals surface area (Å²) in [6.45, 7) is 6.68. The smallest absolute Gasteiger partial charge is 0.0208 e. The first kappa shape index (κ1) is 8.76. The zero-order chi connectivity index (χ0) is 9.26. The van der Waals surface area contributed by atoms with Crippen molar-refractivity contribution in [1.29, 1.82) is 0 Å². The van der Waals surface area contributed by atoms with Gasteiger partial charge in [-0.15, -0.1) is 0 Å². The minimum absolute atomic E-state index is 0.676. The average molecular weight is 175 g/mol. The minimum Gasteiger partial charge on any atom is -0.312 e. The van der Waals surface area contributed by atoms with Gasteiger partial charge in [-0.2, -0.15) is 0 Å². The van der Waals surface area contributed by atoms with E-state index in [0.717, 1.165) is 19.5 Å². The number of benzene rings is 1. The third-order valence-electron chi connectivity index (χ3n) is 2.92. The van der Waals surface area contributed by atoms with Crippen molar-refractivity contribution in [2.24, 2.45) is 0 Å². The molecule has 1 atom stereocenters. The van der Waals surface area contributed by atoms with E-state index in [2.05, 4.69) is 37.4 Å². The number of aryl methyl sites for hydroxylation is 1. The normalized spacial score (nSPS) is 21.2. The zero-order valence-corrected chi connectivity index (χ0v) is 8.43. The van der Waals surface area contributed by atoms with E-state index in [-0.39, 0.29) is 0 Å². The first-order valence-electron chi connectivity index (χ1n) is 5.13. The van der Waals surface area contributed by atoms with Crippen molar-refractivity contribution in [2.75, 3.05) is 6.54 Å². The molecule has 13 heavy (non-hydrogen) atoms. The third-order valence-corrected chi connectivity index (χ3v) is 2.92. The van der Waals surface area contributed by atoms with Crippen LogP contribution < -0.4 is 5.32 Å². The molecule has 0 unspecified atom stereocenters. The van der Waals surface area contributed by atoms with Gasteiger partial charge in [0.15, 0.2) is 0 Å². The summed E-state index contributed by atoms with van der Waals surface area (Å²) in [4.78, 5) is 0. The molecule has 0 spiro atoms. The van der Waals surface area contributed by atoms with E-state index < -0.39 is 0 Å². The Labute approximate surface area is 80.2 Å². The molecule has 0 aliphatic carbocycles. The number of rotatable bonds is 1. The van der Waals surface area contributed by atoms with Crippen molar-refractivity contribution in [2.45, 2.75) is 32.7 Å². The standard InChI is InChI=1S/C12H17N/c1-3-10-4-5-11-8-13-7-9(2)12(11)6-10/h4-6,9,13H,3,7-8H2,1-2H3/t9-/m0/s1. The van der Waals surface area contributed by atoms with E-state index in [9.17, 15) is 0 Å². The highest BCUT2D eigenvalue weighted by Gasteiger charge is 2.15. The van der Waals surface area contributed by atoms with Crippen molar-refractivity contribution < 1.29 is 0 Å². The Kier molecular flexibility index (Phi) is 2.36. The van der Waals surface area contributed by atoms with Gasteiger partial charge < -0.3 is 5.32 Å². The number of fused-ring (bicyclic) bond motifs is 1. The summed E-state index contributed by atoms with van der Waals surface area (Å²) in [6.07, 6.45) is 1.15. The fourth-order valence-corrected chi connectivity index (χ4v) is 2.02. The lowest BCUT2D eigenvalue weighted by Crippen LogP contribution is -2.26. The van der Waals surface area contributed by atoms with Gasteiger partial charge in [-0.25, -0.2) is 0 Å². The summed E-state index contributed by atoms with van der Waals surface area (Å²) < 4.78 is 0. The molecule has 1 heterocycles. The second-order valence-corrected chi connectivity index (χ2v) is 3.92. The van der Waals surface area contributed by atoms with Crippen molar-refractivity contribution in [3.05, 3.63) is 34.9 Å². The molecule has 1 nitrogen and oxygen atoms in total. The van der Waals surface area contributed by atoms with Crippen LogP contribution in [0.5, 0.6) is 0 Å². The predicted molar refractivity (Wildman–Crippen MR) is 55.9 cm³/mol. The molecule has 1 aliphatic heterocycles. The minimum atomic E-state index is 0.676. The Morgan fingerprint density at radius 1 is 1.46 bits per heavy atom. The van der Waals surface area contributed by atoms with Crippen LogP contribution in [0.4, 0.5) is 0 Å². The van der Waals surface area contributed by atoms with Crippen LogP contribution in [-0.2, 0) is 13.0 Å². The van der Waals surface area contributed by atoms with Gasteiger partial charge in [-0.1, -0.05) is 32.0 Å². The van der Waals surface area contributed by atoms with Gasteiger partial charge in [-0.05, 0) is 29.0 Å². The van der Waals surface area contributed by atoms with Crippen LogP contribution in [0.3, 0.4) is 0 Å². The van der Waals surface area contributed by atoms with E-state index in [1.807, 2.05) is 0 Å². The number of nitrogens with one attached hydrogen (secondary N) is 1. The summed E-state index contributed by atoms with van der Waals surface area (Å²) in [7, 11) is 0. The van der Waals surface area contributed by atoms with E-state index in [4.69, 9.17) is 0 Å². The first-order valence-corrected chi connectivity index (χ1v) is 5.13. The summed E-state index contributed by atoms with van der Waals surface area (Å²) in [6, 6.07) is 6.90. The largest absolute Gasteiger partial charge is 0.312 e. The summed E-state index contributed by atoms with van der Waals surface area (Å²) in [5.74, 6) is 0.676. The molecular weight excluding hydrogens is 158 g/mol. The van der Waals surface area contributed by atoms with Gasteiger partial charge >= 0.3 is 0 Å². The maximum Gasteiger partial charge on any atom is 0.0208 e. The lowest BCUT2D eigenvalue weighted by Gasteiger charge is -2.23. The molecule has 1 aromatic carbocycles. The molecule has 1 heteroatoms. The van der Waals surface area contributed by atoms with Crippen molar-refractivity contribution >= 4 is 0 Å². The van der Waals surface area contributed by atoms with Crippen molar-refractivity contribution in [1.82, 2.24) is 5.32 Å². The van der Waals surface area contributed by atoms with Crippen LogP contribution in [0.1, 0.15) is 36.5 Å². The molecule has 0 aromatic heterocycles. The molecule has 1 aliphatic rings. The van der Waals surface area contributed by atoms with E-state index in [1.165, 1.54) is 11.1 Å².